The summed E-state index contributed by atoms with van der Waals surface area (Å²) in [6.07, 6.45) is 17.1. The summed E-state index contributed by atoms with van der Waals surface area (Å²) in [5, 5.41) is 0. The van der Waals surface area contributed by atoms with Crippen LogP contribution in [0.3, 0.4) is 0 Å². The largest absolute Gasteiger partial charge is 0.147 e. The first-order valence-electron chi connectivity index (χ1n) is 7.10. The van der Waals surface area contributed by atoms with Crippen LogP contribution in [0, 0.1) is 0 Å². The van der Waals surface area contributed by atoms with Gasteiger partial charge in [0, 0.05) is 0 Å². The maximum absolute atomic E-state index is 2.51. The van der Waals surface area contributed by atoms with Crippen molar-refractivity contribution in [3.63, 3.8) is 0 Å². The third-order valence-electron chi connectivity index (χ3n) is 3.34. The first-order valence-corrected chi connectivity index (χ1v) is 10.1. The van der Waals surface area contributed by atoms with E-state index in [0.717, 1.165) is 0 Å². The second kappa shape index (κ2) is 14.2. The van der Waals surface area contributed by atoms with Gasteiger partial charge in [-0.25, -0.2) is 0 Å². The average Bonchev–Trinajstić information content (AvgIpc) is 2.81. The molecule has 0 aromatic heterocycles. The smallest absolute Gasteiger partial charge is 0.147 e. The van der Waals surface area contributed by atoms with E-state index in [-0.39, 0.29) is 24.8 Å². The molecule has 1 rings (SSSR count). The first kappa shape index (κ1) is 21.1. The van der Waals surface area contributed by atoms with Gasteiger partial charge >= 0.3 is 108 Å². The minimum Gasteiger partial charge on any atom is -0.147 e. The van der Waals surface area contributed by atoms with E-state index >= 15 is 0 Å². The molecule has 107 valence electrons. The molecule has 0 amide bonds. The van der Waals surface area contributed by atoms with Gasteiger partial charge in [-0.15, -0.1) is 24.8 Å². The van der Waals surface area contributed by atoms with E-state index in [9.17, 15) is 0 Å². The molecule has 0 radical (unpaired) electrons. The van der Waals surface area contributed by atoms with Gasteiger partial charge in [0.1, 0.15) is 0 Å². The van der Waals surface area contributed by atoms with Gasteiger partial charge in [-0.05, 0) is 0 Å². The molecular weight excluding hydrogens is 299 g/mol. The molecule has 0 bridgehead atoms. The molecule has 0 N–H and O–H groups in total. The van der Waals surface area contributed by atoms with E-state index in [0.29, 0.717) is 0 Å². The molecule has 0 aromatic carbocycles. The fraction of sp³-hybridized carbons (Fsp3) is 0.733. The summed E-state index contributed by atoms with van der Waals surface area (Å²) >= 11 is -0.862. The summed E-state index contributed by atoms with van der Waals surface area (Å²) in [6.45, 7) is 4.62. The van der Waals surface area contributed by atoms with Crippen molar-refractivity contribution in [3.8, 4) is 0 Å². The molecule has 0 aliphatic heterocycles. The minimum atomic E-state index is -0.862. The van der Waals surface area contributed by atoms with Crippen molar-refractivity contribution in [1.82, 2.24) is 0 Å². The third kappa shape index (κ3) is 8.80. The number of hydrogen-bond donors (Lipinski definition) is 0. The predicted molar refractivity (Wildman–Crippen MR) is 85.0 cm³/mol. The SMILES string of the molecule is CCCC[CH2][Ti]([CH2]CCCC)[C]1=CCC=C1.Cl.Cl. The van der Waals surface area contributed by atoms with E-state index in [4.69, 9.17) is 0 Å². The van der Waals surface area contributed by atoms with Crippen LogP contribution in [0.15, 0.2) is 22.1 Å². The minimum absolute atomic E-state index is 0. The zero-order chi connectivity index (χ0) is 11.6. The summed E-state index contributed by atoms with van der Waals surface area (Å²) in [6, 6.07) is 0. The van der Waals surface area contributed by atoms with Gasteiger partial charge in [-0.1, -0.05) is 0 Å². The van der Waals surface area contributed by atoms with Crippen LogP contribution in [0.2, 0.25) is 9.45 Å². The Labute approximate surface area is 132 Å². The summed E-state index contributed by atoms with van der Waals surface area (Å²) in [5.74, 6) is 0. The van der Waals surface area contributed by atoms with E-state index < -0.39 is 17.9 Å². The Morgan fingerprint density at radius 1 is 0.944 bits per heavy atom. The van der Waals surface area contributed by atoms with Crippen LogP contribution in [0.1, 0.15) is 58.8 Å². The maximum Gasteiger partial charge on any atom is -0.147 e. The molecule has 0 spiro atoms. The molecule has 18 heavy (non-hydrogen) atoms. The van der Waals surface area contributed by atoms with E-state index in [1.54, 1.807) is 13.3 Å². The van der Waals surface area contributed by atoms with Crippen LogP contribution < -0.4 is 0 Å². The van der Waals surface area contributed by atoms with E-state index in [1.165, 1.54) is 44.9 Å². The van der Waals surface area contributed by atoms with E-state index in [1.807, 2.05) is 0 Å². The summed E-state index contributed by atoms with van der Waals surface area (Å²) in [7, 11) is 0. The van der Waals surface area contributed by atoms with Crippen molar-refractivity contribution in [3.05, 3.63) is 22.1 Å². The Kier molecular flexibility index (Phi) is 16.6. The summed E-state index contributed by atoms with van der Waals surface area (Å²) in [4.78, 5) is 0. The molecule has 1 aliphatic carbocycles. The van der Waals surface area contributed by atoms with Gasteiger partial charge in [-0.2, -0.15) is 0 Å². The van der Waals surface area contributed by atoms with Crippen molar-refractivity contribution in [2.45, 2.75) is 68.2 Å². The summed E-state index contributed by atoms with van der Waals surface area (Å²) in [5.41, 5.74) is 0. The zero-order valence-electron chi connectivity index (χ0n) is 11.9. The Bertz CT molecular complexity index is 227. The van der Waals surface area contributed by atoms with Crippen LogP contribution in [-0.2, 0) is 17.9 Å². The second-order valence-corrected chi connectivity index (χ2v) is 9.16. The normalized spacial score (nSPS) is 12.7. The van der Waals surface area contributed by atoms with Gasteiger partial charge in [0.25, 0.3) is 0 Å². The molecule has 0 aromatic rings. The summed E-state index contributed by atoms with van der Waals surface area (Å²) < 4.78 is 4.95. The van der Waals surface area contributed by atoms with Crippen molar-refractivity contribution >= 4 is 24.8 Å². The Hall–Kier alpha value is 0.774. The van der Waals surface area contributed by atoms with Crippen molar-refractivity contribution in [2.24, 2.45) is 0 Å². The number of hydrogen-bond acceptors (Lipinski definition) is 0. The molecule has 0 saturated carbocycles. The third-order valence-corrected chi connectivity index (χ3v) is 8.19. The van der Waals surface area contributed by atoms with Crippen LogP contribution in [0.4, 0.5) is 0 Å². The number of rotatable bonds is 9. The zero-order valence-corrected chi connectivity index (χ0v) is 15.1. The van der Waals surface area contributed by atoms with Gasteiger partial charge < -0.3 is 0 Å². The number of unbranched alkanes of at least 4 members (excludes halogenated alkanes) is 4. The maximum atomic E-state index is 2.51. The standard InChI is InChI=1S/C5H5.2C5H11.2ClH.Ti/c1-2-4-5-3-1;2*1-3-5-4-2;;;/h1-2,5H,3H2;2*1,3-5H2,2H3;2*1H;. The van der Waals surface area contributed by atoms with Crippen molar-refractivity contribution in [1.29, 1.82) is 0 Å². The molecule has 0 unspecified atom stereocenters. The monoisotopic (exact) mass is 327 g/mol. The molecule has 1 aliphatic rings. The second-order valence-electron chi connectivity index (χ2n) is 4.82. The topological polar surface area (TPSA) is 0 Å². The Balaban J connectivity index is 0. The predicted octanol–water partition coefficient (Wildman–Crippen LogP) is 6.51. The van der Waals surface area contributed by atoms with Crippen molar-refractivity contribution in [2.75, 3.05) is 0 Å². The Morgan fingerprint density at radius 3 is 1.89 bits per heavy atom. The quantitative estimate of drug-likeness (QED) is 0.334. The van der Waals surface area contributed by atoms with Gasteiger partial charge in [-0.3, -0.25) is 0 Å². The Morgan fingerprint density at radius 2 is 1.50 bits per heavy atom. The molecule has 3 heteroatoms. The molecule has 0 fully saturated rings. The van der Waals surface area contributed by atoms with Gasteiger partial charge in [0.15, 0.2) is 0 Å². The number of allylic oxidation sites excluding steroid dienone is 4. The van der Waals surface area contributed by atoms with Crippen molar-refractivity contribution < 1.29 is 17.9 Å². The molecule has 0 saturated heterocycles. The average molecular weight is 328 g/mol. The van der Waals surface area contributed by atoms with Crippen LogP contribution in [0.25, 0.3) is 0 Å². The molecule has 0 atom stereocenters. The van der Waals surface area contributed by atoms with Crippen LogP contribution >= 0.6 is 24.8 Å². The van der Waals surface area contributed by atoms with E-state index in [2.05, 4.69) is 32.1 Å². The number of halogens is 2. The first-order chi connectivity index (χ1) is 7.88. The fourth-order valence-corrected chi connectivity index (χ4v) is 6.90. The van der Waals surface area contributed by atoms with Crippen LogP contribution in [0.5, 0.6) is 0 Å². The van der Waals surface area contributed by atoms with Gasteiger partial charge in [0.2, 0.25) is 0 Å². The molecule has 0 nitrogen and oxygen atoms in total. The fourth-order valence-electron chi connectivity index (χ4n) is 2.31. The van der Waals surface area contributed by atoms with Crippen LogP contribution in [-0.4, -0.2) is 0 Å². The molecular formula is C15H29Cl2Ti. The van der Waals surface area contributed by atoms with Gasteiger partial charge in [0.05, 0.1) is 0 Å². The molecule has 0 heterocycles.